The molecule has 0 amide bonds. The summed E-state index contributed by atoms with van der Waals surface area (Å²) in [5, 5.41) is 12.7. The lowest BCUT2D eigenvalue weighted by atomic mass is 10.00. The highest BCUT2D eigenvalue weighted by molar-refractivity contribution is 7.81. The zero-order chi connectivity index (χ0) is 29.0. The fraction of sp³-hybridized carbons (Fsp3) is 0.346. The smallest absolute Gasteiger partial charge is 0.177 e. The van der Waals surface area contributed by atoms with Crippen molar-refractivity contribution in [3.8, 4) is 11.5 Å². The van der Waals surface area contributed by atoms with E-state index in [4.69, 9.17) is 54.5 Å². The van der Waals surface area contributed by atoms with Gasteiger partial charge in [-0.25, -0.2) is 13.5 Å². The number of ether oxygens (including phenoxy) is 2. The van der Waals surface area contributed by atoms with Gasteiger partial charge in [-0.2, -0.15) is 0 Å². The van der Waals surface area contributed by atoms with Crippen LogP contribution in [-0.2, 0) is 17.5 Å². The fourth-order valence-corrected chi connectivity index (χ4v) is 5.75. The molecular formula is C26H32Cl2N8O3S. The number of benzene rings is 1. The van der Waals surface area contributed by atoms with Crippen LogP contribution in [0.3, 0.4) is 0 Å². The first-order valence-electron chi connectivity index (χ1n) is 12.4. The third kappa shape index (κ3) is 6.48. The van der Waals surface area contributed by atoms with Crippen molar-refractivity contribution in [1.82, 2.24) is 19.6 Å². The molecule has 2 aromatic heterocycles. The van der Waals surface area contributed by atoms with E-state index in [0.717, 1.165) is 11.4 Å². The van der Waals surface area contributed by atoms with E-state index in [-0.39, 0.29) is 21.5 Å². The molecule has 2 atom stereocenters. The first-order valence-corrected chi connectivity index (χ1v) is 14.7. The number of nitrogens with one attached hydrogen (secondary N) is 2. The SMILES string of the molecule is CNCc1cc(C(=N)c2cc(O[C@H](N)c3c(Cl)cncc3Cl)c(OC)cc2N)cnc1N1CCN(S(C)=O)CC1. The molecule has 6 N–H and O–H groups in total. The highest BCUT2D eigenvalue weighted by Gasteiger charge is 2.24. The van der Waals surface area contributed by atoms with Crippen LogP contribution in [0.5, 0.6) is 11.5 Å². The maximum absolute atomic E-state index is 11.8. The van der Waals surface area contributed by atoms with Crippen LogP contribution in [0, 0.1) is 5.41 Å². The maximum atomic E-state index is 11.8. The zero-order valence-corrected chi connectivity index (χ0v) is 24.7. The molecule has 1 saturated heterocycles. The Bertz CT molecular complexity index is 1400. The van der Waals surface area contributed by atoms with Crippen LogP contribution >= 0.6 is 23.2 Å². The van der Waals surface area contributed by atoms with Crippen LogP contribution in [0.4, 0.5) is 11.5 Å². The predicted octanol–water partition coefficient (Wildman–Crippen LogP) is 2.96. The van der Waals surface area contributed by atoms with Crippen molar-refractivity contribution in [3.63, 3.8) is 0 Å². The Labute approximate surface area is 245 Å². The van der Waals surface area contributed by atoms with E-state index in [2.05, 4.69) is 15.2 Å². The molecule has 0 spiro atoms. The number of methoxy groups -OCH3 is 1. The van der Waals surface area contributed by atoms with Gasteiger partial charge < -0.3 is 25.4 Å². The van der Waals surface area contributed by atoms with E-state index in [1.165, 1.54) is 19.5 Å². The van der Waals surface area contributed by atoms with Crippen LogP contribution in [-0.4, -0.2) is 70.8 Å². The van der Waals surface area contributed by atoms with Crippen molar-refractivity contribution in [2.75, 3.05) is 57.2 Å². The molecule has 4 rings (SSSR count). The van der Waals surface area contributed by atoms with Gasteiger partial charge in [0.15, 0.2) is 17.7 Å². The summed E-state index contributed by atoms with van der Waals surface area (Å²) in [6, 6.07) is 5.11. The Morgan fingerprint density at radius 1 is 1.15 bits per heavy atom. The number of hydrogen-bond acceptors (Lipinski definition) is 10. The second-order valence-electron chi connectivity index (χ2n) is 9.10. The number of halogens is 2. The average Bonchev–Trinajstić information content (AvgIpc) is 2.93. The molecular weight excluding hydrogens is 575 g/mol. The first-order chi connectivity index (χ1) is 19.1. The largest absolute Gasteiger partial charge is 0.493 e. The van der Waals surface area contributed by atoms with Gasteiger partial charge in [0.1, 0.15) is 5.82 Å². The molecule has 1 aromatic carbocycles. The van der Waals surface area contributed by atoms with Crippen LogP contribution in [0.2, 0.25) is 10.0 Å². The predicted molar refractivity (Wildman–Crippen MR) is 160 cm³/mol. The molecule has 1 unspecified atom stereocenters. The number of nitrogen functional groups attached to an aromatic ring is 1. The van der Waals surface area contributed by atoms with Gasteiger partial charge in [-0.3, -0.25) is 16.1 Å². The minimum absolute atomic E-state index is 0.154. The average molecular weight is 608 g/mol. The second-order valence-corrected chi connectivity index (χ2v) is 11.3. The minimum Gasteiger partial charge on any atom is -0.493 e. The van der Waals surface area contributed by atoms with Gasteiger partial charge in [0.25, 0.3) is 0 Å². The van der Waals surface area contributed by atoms with Crippen LogP contribution in [0.1, 0.15) is 28.5 Å². The van der Waals surface area contributed by atoms with Gasteiger partial charge >= 0.3 is 0 Å². The molecule has 0 bridgehead atoms. The molecule has 1 aliphatic rings. The van der Waals surface area contributed by atoms with Crippen molar-refractivity contribution in [2.24, 2.45) is 5.73 Å². The highest BCUT2D eigenvalue weighted by Crippen LogP contribution is 2.37. The Balaban J connectivity index is 1.64. The number of nitrogens with zero attached hydrogens (tertiary/aromatic N) is 4. The standard InChI is InChI=1S/C26H32Cl2N8O3S/c1-32-11-16-8-15(12-34-26(16)35-4-6-36(7-5-35)40(3)37)24(30)17-9-22(21(38-2)10-20(17)29)39-25(31)23-18(27)13-33-14-19(23)28/h8-10,12-14,25,30,32H,4-7,11,29,31H2,1-3H3/t25-,40?/m0/s1. The number of anilines is 2. The Hall–Kier alpha value is -3.00. The number of pyridine rings is 2. The van der Waals surface area contributed by atoms with E-state index in [1.54, 1.807) is 24.6 Å². The monoisotopic (exact) mass is 606 g/mol. The molecule has 0 saturated carbocycles. The summed E-state index contributed by atoms with van der Waals surface area (Å²) in [5.74, 6) is 1.43. The third-order valence-corrected chi connectivity index (χ3v) is 8.23. The van der Waals surface area contributed by atoms with E-state index in [1.807, 2.05) is 17.4 Å². The number of hydrogen-bond donors (Lipinski definition) is 4. The maximum Gasteiger partial charge on any atom is 0.177 e. The summed E-state index contributed by atoms with van der Waals surface area (Å²) >= 11 is 12.5. The van der Waals surface area contributed by atoms with Gasteiger partial charge in [0.05, 0.1) is 33.9 Å². The van der Waals surface area contributed by atoms with Crippen molar-refractivity contribution >= 4 is 51.4 Å². The molecule has 11 nitrogen and oxygen atoms in total. The highest BCUT2D eigenvalue weighted by atomic mass is 35.5. The number of aromatic nitrogens is 2. The Morgan fingerprint density at radius 3 is 2.42 bits per heavy atom. The summed E-state index contributed by atoms with van der Waals surface area (Å²) in [6.07, 6.45) is 5.18. The molecule has 3 heterocycles. The van der Waals surface area contributed by atoms with Crippen molar-refractivity contribution in [1.29, 1.82) is 5.41 Å². The Kier molecular flexibility index (Phi) is 9.82. The minimum atomic E-state index is -1.03. The number of nitrogens with two attached hydrogens (primary N) is 2. The van der Waals surface area contributed by atoms with E-state index >= 15 is 0 Å². The van der Waals surface area contributed by atoms with Crippen LogP contribution in [0.15, 0.2) is 36.8 Å². The summed E-state index contributed by atoms with van der Waals surface area (Å²) in [7, 11) is 2.34. The summed E-state index contributed by atoms with van der Waals surface area (Å²) in [6.45, 7) is 3.34. The van der Waals surface area contributed by atoms with Gasteiger partial charge in [-0.15, -0.1) is 0 Å². The summed E-state index contributed by atoms with van der Waals surface area (Å²) in [5.41, 5.74) is 15.4. The normalized spacial score (nSPS) is 15.5. The van der Waals surface area contributed by atoms with E-state index < -0.39 is 17.2 Å². The molecule has 14 heteroatoms. The zero-order valence-electron chi connectivity index (χ0n) is 22.4. The lowest BCUT2D eigenvalue weighted by molar-refractivity contribution is 0.204. The van der Waals surface area contributed by atoms with Crippen molar-refractivity contribution < 1.29 is 13.7 Å². The fourth-order valence-electron chi connectivity index (χ4n) is 4.49. The lowest BCUT2D eigenvalue weighted by Gasteiger charge is -2.34. The van der Waals surface area contributed by atoms with E-state index in [9.17, 15) is 4.21 Å². The lowest BCUT2D eigenvalue weighted by Crippen LogP contribution is -2.47. The van der Waals surface area contributed by atoms with Gasteiger partial charge in [0, 0.05) is 91.6 Å². The molecule has 1 fully saturated rings. The van der Waals surface area contributed by atoms with Crippen molar-refractivity contribution in [2.45, 2.75) is 12.8 Å². The quantitative estimate of drug-likeness (QED) is 0.155. The van der Waals surface area contributed by atoms with Crippen LogP contribution < -0.4 is 31.2 Å². The summed E-state index contributed by atoms with van der Waals surface area (Å²) in [4.78, 5) is 10.8. The number of rotatable bonds is 10. The van der Waals surface area contributed by atoms with Gasteiger partial charge in [0.2, 0.25) is 0 Å². The van der Waals surface area contributed by atoms with E-state index in [0.29, 0.717) is 60.9 Å². The molecule has 3 aromatic rings. The van der Waals surface area contributed by atoms with Crippen LogP contribution in [0.25, 0.3) is 0 Å². The third-order valence-electron chi connectivity index (χ3n) is 6.53. The second kappa shape index (κ2) is 13.1. The molecule has 0 radical (unpaired) electrons. The van der Waals surface area contributed by atoms with Crippen molar-refractivity contribution in [3.05, 3.63) is 69.1 Å². The van der Waals surface area contributed by atoms with Gasteiger partial charge in [-0.1, -0.05) is 23.2 Å². The first kappa shape index (κ1) is 30.0. The molecule has 214 valence electrons. The number of piperazine rings is 1. The topological polar surface area (TPSA) is 156 Å². The van der Waals surface area contributed by atoms with Gasteiger partial charge in [-0.05, 0) is 19.2 Å². The Morgan fingerprint density at radius 2 is 1.82 bits per heavy atom. The summed E-state index contributed by atoms with van der Waals surface area (Å²) < 4.78 is 25.2. The molecule has 1 aliphatic heterocycles. The molecule has 40 heavy (non-hydrogen) atoms. The molecule has 0 aliphatic carbocycles.